The number of benzene rings is 1. The molecule has 0 aliphatic carbocycles. The number of nitrogens with one attached hydrogen (secondary N) is 2. The summed E-state index contributed by atoms with van der Waals surface area (Å²) in [5.41, 5.74) is 4.80. The summed E-state index contributed by atoms with van der Waals surface area (Å²) in [6.45, 7) is 4.90. The number of aryl methyl sites for hydroxylation is 2. The Bertz CT molecular complexity index is 350. The Morgan fingerprint density at radius 2 is 1.82 bits per heavy atom. The van der Waals surface area contributed by atoms with Crippen LogP contribution >= 0.6 is 0 Å². The minimum Gasteiger partial charge on any atom is -0.388 e. The van der Waals surface area contributed by atoms with Crippen molar-refractivity contribution in [2.45, 2.75) is 33.1 Å². The third-order valence-electron chi connectivity index (χ3n) is 2.93. The van der Waals surface area contributed by atoms with Crippen LogP contribution in [-0.4, -0.2) is 20.3 Å². The lowest BCUT2D eigenvalue weighted by atomic mass is 10.0. The molecule has 96 valence electrons. The van der Waals surface area contributed by atoms with Crippen LogP contribution in [0.3, 0.4) is 0 Å². The monoisotopic (exact) mass is 238 g/mol. The van der Waals surface area contributed by atoms with E-state index in [-0.39, 0.29) is 6.67 Å². The number of halogens is 1. The van der Waals surface area contributed by atoms with Crippen LogP contribution in [0.5, 0.6) is 0 Å². The molecule has 2 nitrogen and oxygen atoms in total. The number of rotatable bonds is 7. The summed E-state index contributed by atoms with van der Waals surface area (Å²) >= 11 is 0. The number of anilines is 2. The zero-order chi connectivity index (χ0) is 12.7. The molecule has 0 heterocycles. The van der Waals surface area contributed by atoms with Crippen molar-refractivity contribution in [2.75, 3.05) is 30.9 Å². The maximum absolute atomic E-state index is 12.3. The first-order chi connectivity index (χ1) is 8.26. The molecule has 0 saturated heterocycles. The molecule has 1 rings (SSSR count). The van der Waals surface area contributed by atoms with Gasteiger partial charge < -0.3 is 10.6 Å². The predicted octanol–water partition coefficient (Wildman–Crippen LogP) is 3.62. The Hall–Kier alpha value is -1.25. The standard InChI is InChI=1S/C14H23FN2/c1-4-11-9-13(16-3)12(7-6-8-15)10-14(11)17-5-2/h9-10,16-17H,4-8H2,1-3H3. The fraction of sp³-hybridized carbons (Fsp3) is 0.571. The van der Waals surface area contributed by atoms with Crippen LogP contribution in [0.4, 0.5) is 15.8 Å². The van der Waals surface area contributed by atoms with Gasteiger partial charge in [-0.15, -0.1) is 0 Å². The smallest absolute Gasteiger partial charge is 0.0897 e. The van der Waals surface area contributed by atoms with Crippen LogP contribution in [0.1, 0.15) is 31.4 Å². The van der Waals surface area contributed by atoms with Gasteiger partial charge in [-0.1, -0.05) is 6.92 Å². The zero-order valence-electron chi connectivity index (χ0n) is 11.1. The first kappa shape index (κ1) is 13.8. The van der Waals surface area contributed by atoms with Gasteiger partial charge in [-0.25, -0.2) is 0 Å². The van der Waals surface area contributed by atoms with E-state index in [2.05, 4.69) is 36.6 Å². The second-order valence-electron chi connectivity index (χ2n) is 4.09. The summed E-state index contributed by atoms with van der Waals surface area (Å²) in [6.07, 6.45) is 2.38. The van der Waals surface area contributed by atoms with Gasteiger partial charge in [-0.3, -0.25) is 4.39 Å². The summed E-state index contributed by atoms with van der Waals surface area (Å²) in [7, 11) is 1.92. The summed E-state index contributed by atoms with van der Waals surface area (Å²) in [6, 6.07) is 4.33. The fourth-order valence-corrected chi connectivity index (χ4v) is 2.03. The highest BCUT2D eigenvalue weighted by Gasteiger charge is 2.07. The quantitative estimate of drug-likeness (QED) is 0.758. The largest absolute Gasteiger partial charge is 0.388 e. The molecule has 2 N–H and O–H groups in total. The molecule has 0 amide bonds. The van der Waals surface area contributed by atoms with Gasteiger partial charge in [0.1, 0.15) is 0 Å². The highest BCUT2D eigenvalue weighted by atomic mass is 19.1. The first-order valence-corrected chi connectivity index (χ1v) is 6.40. The summed E-state index contributed by atoms with van der Waals surface area (Å²) < 4.78 is 12.3. The van der Waals surface area contributed by atoms with E-state index < -0.39 is 0 Å². The van der Waals surface area contributed by atoms with Crippen LogP contribution < -0.4 is 10.6 Å². The van der Waals surface area contributed by atoms with E-state index in [4.69, 9.17) is 0 Å². The normalized spacial score (nSPS) is 10.4. The topological polar surface area (TPSA) is 24.1 Å². The molecule has 0 saturated carbocycles. The molecule has 0 radical (unpaired) electrons. The van der Waals surface area contributed by atoms with E-state index in [9.17, 15) is 4.39 Å². The van der Waals surface area contributed by atoms with Gasteiger partial charge in [0.25, 0.3) is 0 Å². The minimum absolute atomic E-state index is 0.255. The average molecular weight is 238 g/mol. The minimum atomic E-state index is -0.255. The number of alkyl halides is 1. The molecule has 0 unspecified atom stereocenters. The van der Waals surface area contributed by atoms with Gasteiger partial charge in [-0.2, -0.15) is 0 Å². The Kier molecular flexibility index (Phi) is 5.81. The van der Waals surface area contributed by atoms with E-state index in [1.165, 1.54) is 16.8 Å². The van der Waals surface area contributed by atoms with E-state index >= 15 is 0 Å². The van der Waals surface area contributed by atoms with E-state index in [0.717, 1.165) is 25.1 Å². The van der Waals surface area contributed by atoms with Crippen LogP contribution in [0.2, 0.25) is 0 Å². The molecule has 1 aromatic rings. The molecule has 17 heavy (non-hydrogen) atoms. The maximum atomic E-state index is 12.3. The molecular weight excluding hydrogens is 215 g/mol. The molecular formula is C14H23FN2. The second-order valence-corrected chi connectivity index (χ2v) is 4.09. The molecule has 0 atom stereocenters. The lowest BCUT2D eigenvalue weighted by Crippen LogP contribution is -2.04. The second kappa shape index (κ2) is 7.15. The molecule has 3 heteroatoms. The summed E-state index contributed by atoms with van der Waals surface area (Å²) in [5.74, 6) is 0. The predicted molar refractivity (Wildman–Crippen MR) is 73.8 cm³/mol. The lowest BCUT2D eigenvalue weighted by Gasteiger charge is -2.16. The van der Waals surface area contributed by atoms with Crippen molar-refractivity contribution >= 4 is 11.4 Å². The Labute approximate surface area is 104 Å². The maximum Gasteiger partial charge on any atom is 0.0897 e. The van der Waals surface area contributed by atoms with Gasteiger partial charge in [0, 0.05) is 25.0 Å². The Morgan fingerprint density at radius 1 is 1.12 bits per heavy atom. The van der Waals surface area contributed by atoms with Crippen molar-refractivity contribution in [3.05, 3.63) is 23.3 Å². The first-order valence-electron chi connectivity index (χ1n) is 6.40. The van der Waals surface area contributed by atoms with Crippen molar-refractivity contribution in [3.8, 4) is 0 Å². The van der Waals surface area contributed by atoms with Crippen molar-refractivity contribution in [1.82, 2.24) is 0 Å². The Morgan fingerprint density at radius 3 is 2.35 bits per heavy atom. The third-order valence-corrected chi connectivity index (χ3v) is 2.93. The molecule has 1 aromatic carbocycles. The average Bonchev–Trinajstić information content (AvgIpc) is 2.36. The molecule has 0 aliphatic heterocycles. The molecule has 0 aliphatic rings. The van der Waals surface area contributed by atoms with Crippen molar-refractivity contribution < 1.29 is 4.39 Å². The summed E-state index contributed by atoms with van der Waals surface area (Å²) in [4.78, 5) is 0. The Balaban J connectivity index is 3.04. The van der Waals surface area contributed by atoms with Gasteiger partial charge in [0.15, 0.2) is 0 Å². The molecule has 0 spiro atoms. The van der Waals surface area contributed by atoms with Crippen LogP contribution in [0.25, 0.3) is 0 Å². The highest BCUT2D eigenvalue weighted by molar-refractivity contribution is 5.64. The zero-order valence-corrected chi connectivity index (χ0v) is 11.1. The lowest BCUT2D eigenvalue weighted by molar-refractivity contribution is 0.473. The fourth-order valence-electron chi connectivity index (χ4n) is 2.03. The van der Waals surface area contributed by atoms with Gasteiger partial charge >= 0.3 is 0 Å². The summed E-state index contributed by atoms with van der Waals surface area (Å²) in [5, 5.41) is 6.57. The van der Waals surface area contributed by atoms with E-state index in [1.807, 2.05) is 7.05 Å². The van der Waals surface area contributed by atoms with E-state index in [1.54, 1.807) is 0 Å². The number of hydrogen-bond donors (Lipinski definition) is 2. The van der Waals surface area contributed by atoms with Crippen molar-refractivity contribution in [3.63, 3.8) is 0 Å². The highest BCUT2D eigenvalue weighted by Crippen LogP contribution is 2.26. The molecule has 0 aromatic heterocycles. The van der Waals surface area contributed by atoms with Crippen molar-refractivity contribution in [1.29, 1.82) is 0 Å². The van der Waals surface area contributed by atoms with Gasteiger partial charge in [0.05, 0.1) is 6.67 Å². The molecule has 0 fully saturated rings. The number of hydrogen-bond acceptors (Lipinski definition) is 2. The molecule has 0 bridgehead atoms. The van der Waals surface area contributed by atoms with Crippen LogP contribution in [0.15, 0.2) is 12.1 Å². The van der Waals surface area contributed by atoms with Crippen LogP contribution in [-0.2, 0) is 12.8 Å². The van der Waals surface area contributed by atoms with Crippen molar-refractivity contribution in [2.24, 2.45) is 0 Å². The van der Waals surface area contributed by atoms with Gasteiger partial charge in [-0.05, 0) is 49.4 Å². The van der Waals surface area contributed by atoms with Crippen LogP contribution in [0, 0.1) is 0 Å². The SMILES string of the molecule is CCNc1cc(CCCF)c(NC)cc1CC. The van der Waals surface area contributed by atoms with Gasteiger partial charge in [0.2, 0.25) is 0 Å². The van der Waals surface area contributed by atoms with E-state index in [0.29, 0.717) is 6.42 Å². The third kappa shape index (κ3) is 3.62.